The molecule has 5 heteroatoms. The van der Waals surface area contributed by atoms with Crippen LogP contribution in [0, 0.1) is 6.92 Å². The second kappa shape index (κ2) is 6.43. The van der Waals surface area contributed by atoms with E-state index < -0.39 is 5.60 Å². The molecule has 0 aliphatic carbocycles. The highest BCUT2D eigenvalue weighted by atomic mass is 16.6. The van der Waals surface area contributed by atoms with Gasteiger partial charge in [-0.25, -0.2) is 4.79 Å². The van der Waals surface area contributed by atoms with Crippen molar-refractivity contribution >= 4 is 6.09 Å². The minimum atomic E-state index is -0.434. The number of carbonyl (C=O) groups is 1. The lowest BCUT2D eigenvalue weighted by Gasteiger charge is -2.24. The molecule has 1 aromatic heterocycles. The smallest absolute Gasteiger partial charge is 0.410 e. The molecule has 1 amide bonds. The van der Waals surface area contributed by atoms with Gasteiger partial charge in [-0.15, -0.1) is 0 Å². The van der Waals surface area contributed by atoms with E-state index in [1.54, 1.807) is 4.90 Å². The molecule has 2 heterocycles. The van der Waals surface area contributed by atoms with E-state index in [0.717, 1.165) is 30.8 Å². The molecule has 1 N–H and O–H groups in total. The number of nitrogens with one attached hydrogen (secondary N) is 1. The maximum atomic E-state index is 12.0. The summed E-state index contributed by atoms with van der Waals surface area (Å²) in [4.78, 5) is 18.0. The highest BCUT2D eigenvalue weighted by Crippen LogP contribution is 2.15. The van der Waals surface area contributed by atoms with Crippen molar-refractivity contribution in [3.05, 3.63) is 29.6 Å². The zero-order valence-corrected chi connectivity index (χ0v) is 13.3. The average molecular weight is 291 g/mol. The fourth-order valence-electron chi connectivity index (χ4n) is 2.28. The van der Waals surface area contributed by atoms with Crippen molar-refractivity contribution in [2.75, 3.05) is 13.1 Å². The van der Waals surface area contributed by atoms with E-state index in [0.29, 0.717) is 12.6 Å². The van der Waals surface area contributed by atoms with Gasteiger partial charge in [0, 0.05) is 37.6 Å². The van der Waals surface area contributed by atoms with E-state index in [9.17, 15) is 4.79 Å². The fraction of sp³-hybridized carbons (Fsp3) is 0.625. The quantitative estimate of drug-likeness (QED) is 0.929. The standard InChI is InChI=1S/C16H25N3O2/c1-12-5-6-13(9-17-12)10-18-14-7-8-19(11-14)15(20)21-16(2,3)4/h5-6,9,14,18H,7-8,10-11H2,1-4H3. The Balaban J connectivity index is 1.77. The maximum absolute atomic E-state index is 12.0. The van der Waals surface area contributed by atoms with Gasteiger partial charge >= 0.3 is 6.09 Å². The monoisotopic (exact) mass is 291 g/mol. The summed E-state index contributed by atoms with van der Waals surface area (Å²) in [6.07, 6.45) is 2.63. The van der Waals surface area contributed by atoms with Crippen LogP contribution >= 0.6 is 0 Å². The summed E-state index contributed by atoms with van der Waals surface area (Å²) in [7, 11) is 0. The second-order valence-corrected chi connectivity index (χ2v) is 6.60. The average Bonchev–Trinajstić information content (AvgIpc) is 2.85. The third-order valence-electron chi connectivity index (χ3n) is 3.41. The van der Waals surface area contributed by atoms with Crippen LogP contribution < -0.4 is 5.32 Å². The Morgan fingerprint density at radius 3 is 2.86 bits per heavy atom. The van der Waals surface area contributed by atoms with Crippen molar-refractivity contribution in [2.45, 2.75) is 52.3 Å². The first kappa shape index (κ1) is 15.8. The number of amides is 1. The van der Waals surface area contributed by atoms with E-state index >= 15 is 0 Å². The van der Waals surface area contributed by atoms with Gasteiger partial charge in [-0.3, -0.25) is 4.98 Å². The summed E-state index contributed by atoms with van der Waals surface area (Å²) >= 11 is 0. The lowest BCUT2D eigenvalue weighted by molar-refractivity contribution is 0.0291. The molecule has 0 bridgehead atoms. The Morgan fingerprint density at radius 2 is 2.24 bits per heavy atom. The number of hydrogen-bond acceptors (Lipinski definition) is 4. The number of pyridine rings is 1. The number of aromatic nitrogens is 1. The molecule has 1 aliphatic rings. The normalized spacial score (nSPS) is 18.9. The number of likely N-dealkylation sites (tertiary alicyclic amines) is 1. The van der Waals surface area contributed by atoms with Crippen molar-refractivity contribution < 1.29 is 9.53 Å². The largest absolute Gasteiger partial charge is 0.444 e. The molecule has 1 atom stereocenters. The van der Waals surface area contributed by atoms with Crippen LogP contribution in [0.1, 0.15) is 38.4 Å². The third kappa shape index (κ3) is 5.01. The Kier molecular flexibility index (Phi) is 4.83. The number of carbonyl (C=O) groups excluding carboxylic acids is 1. The first-order chi connectivity index (χ1) is 9.83. The van der Waals surface area contributed by atoms with E-state index in [1.165, 1.54) is 0 Å². The fourth-order valence-corrected chi connectivity index (χ4v) is 2.28. The van der Waals surface area contributed by atoms with Gasteiger partial charge in [0.25, 0.3) is 0 Å². The molecule has 5 nitrogen and oxygen atoms in total. The Hall–Kier alpha value is -1.62. The summed E-state index contributed by atoms with van der Waals surface area (Å²) in [5, 5.41) is 3.48. The molecule has 0 radical (unpaired) electrons. The van der Waals surface area contributed by atoms with Crippen molar-refractivity contribution in [1.82, 2.24) is 15.2 Å². The third-order valence-corrected chi connectivity index (χ3v) is 3.41. The maximum Gasteiger partial charge on any atom is 0.410 e. The number of rotatable bonds is 3. The van der Waals surface area contributed by atoms with Crippen molar-refractivity contribution in [3.8, 4) is 0 Å². The van der Waals surface area contributed by atoms with Crippen molar-refractivity contribution in [2.24, 2.45) is 0 Å². The van der Waals surface area contributed by atoms with Crippen LogP contribution in [0.5, 0.6) is 0 Å². The summed E-state index contributed by atoms with van der Waals surface area (Å²) in [6, 6.07) is 4.41. The molecule has 0 saturated carbocycles. The molecular weight excluding hydrogens is 266 g/mol. The molecule has 1 fully saturated rings. The first-order valence-electron chi connectivity index (χ1n) is 7.46. The van der Waals surface area contributed by atoms with Gasteiger partial charge in [0.15, 0.2) is 0 Å². The van der Waals surface area contributed by atoms with Crippen LogP contribution in [0.15, 0.2) is 18.3 Å². The van der Waals surface area contributed by atoms with Gasteiger partial charge in [0.1, 0.15) is 5.60 Å². The molecule has 0 aromatic carbocycles. The number of nitrogens with zero attached hydrogens (tertiary/aromatic N) is 2. The van der Waals surface area contributed by atoms with Gasteiger partial charge in [0.2, 0.25) is 0 Å². The number of aryl methyl sites for hydroxylation is 1. The SMILES string of the molecule is Cc1ccc(CNC2CCN(C(=O)OC(C)(C)C)C2)cn1. The van der Waals surface area contributed by atoms with Crippen LogP contribution in [0.25, 0.3) is 0 Å². The van der Waals surface area contributed by atoms with Crippen LogP contribution in [-0.4, -0.2) is 40.7 Å². The molecule has 2 rings (SSSR count). The molecular formula is C16H25N3O2. The molecule has 1 saturated heterocycles. The van der Waals surface area contributed by atoms with Crippen molar-refractivity contribution in [1.29, 1.82) is 0 Å². The molecule has 1 aromatic rings. The van der Waals surface area contributed by atoms with E-state index in [-0.39, 0.29) is 6.09 Å². The topological polar surface area (TPSA) is 54.5 Å². The predicted octanol–water partition coefficient (Wildman–Crippen LogP) is 2.49. The molecule has 0 spiro atoms. The lowest BCUT2D eigenvalue weighted by Crippen LogP contribution is -2.38. The van der Waals surface area contributed by atoms with E-state index in [1.807, 2.05) is 40.0 Å². The van der Waals surface area contributed by atoms with E-state index in [4.69, 9.17) is 4.74 Å². The van der Waals surface area contributed by atoms with Gasteiger partial charge < -0.3 is 15.0 Å². The Morgan fingerprint density at radius 1 is 1.48 bits per heavy atom. The molecule has 1 aliphatic heterocycles. The highest BCUT2D eigenvalue weighted by Gasteiger charge is 2.29. The van der Waals surface area contributed by atoms with Crippen LogP contribution in [-0.2, 0) is 11.3 Å². The molecule has 116 valence electrons. The van der Waals surface area contributed by atoms with E-state index in [2.05, 4.69) is 16.4 Å². The minimum absolute atomic E-state index is 0.219. The Labute approximate surface area is 126 Å². The minimum Gasteiger partial charge on any atom is -0.444 e. The Bertz CT molecular complexity index is 479. The highest BCUT2D eigenvalue weighted by molar-refractivity contribution is 5.68. The van der Waals surface area contributed by atoms with Crippen molar-refractivity contribution in [3.63, 3.8) is 0 Å². The van der Waals surface area contributed by atoms with Crippen LogP contribution in [0.2, 0.25) is 0 Å². The van der Waals surface area contributed by atoms with Crippen LogP contribution in [0.3, 0.4) is 0 Å². The van der Waals surface area contributed by atoms with Gasteiger partial charge in [-0.1, -0.05) is 6.07 Å². The predicted molar refractivity (Wildman–Crippen MR) is 82.0 cm³/mol. The number of hydrogen-bond donors (Lipinski definition) is 1. The summed E-state index contributed by atoms with van der Waals surface area (Å²) in [6.45, 7) is 9.88. The molecule has 21 heavy (non-hydrogen) atoms. The molecule has 1 unspecified atom stereocenters. The zero-order chi connectivity index (χ0) is 15.5. The zero-order valence-electron chi connectivity index (χ0n) is 13.3. The lowest BCUT2D eigenvalue weighted by atomic mass is 10.2. The summed E-state index contributed by atoms with van der Waals surface area (Å²) in [5.41, 5.74) is 1.75. The van der Waals surface area contributed by atoms with Crippen LogP contribution in [0.4, 0.5) is 4.79 Å². The van der Waals surface area contributed by atoms with Gasteiger partial charge in [-0.05, 0) is 45.7 Å². The summed E-state index contributed by atoms with van der Waals surface area (Å²) in [5.74, 6) is 0. The summed E-state index contributed by atoms with van der Waals surface area (Å²) < 4.78 is 5.40. The van der Waals surface area contributed by atoms with Gasteiger partial charge in [-0.2, -0.15) is 0 Å². The second-order valence-electron chi connectivity index (χ2n) is 6.60. The number of ether oxygens (including phenoxy) is 1. The van der Waals surface area contributed by atoms with Gasteiger partial charge in [0.05, 0.1) is 0 Å². The first-order valence-corrected chi connectivity index (χ1v) is 7.46.